The minimum Gasteiger partial charge on any atom is -0.330 e. The molecule has 0 heterocycles. The average molecular weight is 221 g/mol. The highest BCUT2D eigenvalue weighted by Crippen LogP contribution is 2.35. The van der Waals surface area contributed by atoms with Crippen molar-refractivity contribution in [2.75, 3.05) is 0 Å². The van der Waals surface area contributed by atoms with Gasteiger partial charge in [-0.2, -0.15) is 13.2 Å². The molecule has 1 N–H and O–H groups in total. The van der Waals surface area contributed by atoms with Crippen molar-refractivity contribution < 1.29 is 22.8 Å². The molecule has 1 unspecified atom stereocenters. The Morgan fingerprint density at radius 3 is 2.53 bits per heavy atom. The third kappa shape index (κ3) is 3.38. The minimum atomic E-state index is -4.40. The summed E-state index contributed by atoms with van der Waals surface area (Å²) in [6, 6.07) is 0. The standard InChI is InChI=1S/C9H10F3NO2/c1-5(14)13-7-2-6(9(10,11)12)3-8(15)4-7/h4,6H,2-3H2,1H3,(H,13,14). The van der Waals surface area contributed by atoms with Crippen LogP contribution in [0.15, 0.2) is 11.8 Å². The van der Waals surface area contributed by atoms with Gasteiger partial charge in [0, 0.05) is 25.1 Å². The molecule has 0 spiro atoms. The van der Waals surface area contributed by atoms with E-state index in [1.807, 2.05) is 0 Å². The van der Waals surface area contributed by atoms with Crippen LogP contribution < -0.4 is 5.32 Å². The maximum absolute atomic E-state index is 12.3. The molecule has 0 aliphatic heterocycles. The number of ketones is 1. The van der Waals surface area contributed by atoms with Crippen LogP contribution in [0.3, 0.4) is 0 Å². The van der Waals surface area contributed by atoms with Crippen LogP contribution in [-0.4, -0.2) is 17.9 Å². The van der Waals surface area contributed by atoms with E-state index in [-0.39, 0.29) is 12.1 Å². The number of alkyl halides is 3. The van der Waals surface area contributed by atoms with E-state index in [9.17, 15) is 22.8 Å². The van der Waals surface area contributed by atoms with E-state index in [1.165, 1.54) is 6.92 Å². The van der Waals surface area contributed by atoms with Crippen LogP contribution in [-0.2, 0) is 9.59 Å². The van der Waals surface area contributed by atoms with Gasteiger partial charge in [-0.25, -0.2) is 0 Å². The molecule has 3 nitrogen and oxygen atoms in total. The van der Waals surface area contributed by atoms with Crippen molar-refractivity contribution in [3.8, 4) is 0 Å². The lowest BCUT2D eigenvalue weighted by molar-refractivity contribution is -0.178. The van der Waals surface area contributed by atoms with Gasteiger partial charge in [-0.15, -0.1) is 0 Å². The molecule has 1 aliphatic carbocycles. The molecule has 0 radical (unpaired) electrons. The van der Waals surface area contributed by atoms with Crippen molar-refractivity contribution in [1.29, 1.82) is 0 Å². The van der Waals surface area contributed by atoms with Crippen LogP contribution in [0.25, 0.3) is 0 Å². The van der Waals surface area contributed by atoms with Gasteiger partial charge in [0.05, 0.1) is 5.92 Å². The largest absolute Gasteiger partial charge is 0.392 e. The molecule has 0 fully saturated rings. The molecular weight excluding hydrogens is 211 g/mol. The Morgan fingerprint density at radius 1 is 1.47 bits per heavy atom. The summed E-state index contributed by atoms with van der Waals surface area (Å²) in [5, 5.41) is 2.22. The van der Waals surface area contributed by atoms with Gasteiger partial charge in [0.25, 0.3) is 0 Å². The third-order valence-corrected chi connectivity index (χ3v) is 2.05. The van der Waals surface area contributed by atoms with Gasteiger partial charge in [0.15, 0.2) is 5.78 Å². The Hall–Kier alpha value is -1.33. The van der Waals surface area contributed by atoms with Crippen molar-refractivity contribution in [2.45, 2.75) is 25.9 Å². The van der Waals surface area contributed by atoms with Crippen LogP contribution in [0, 0.1) is 5.92 Å². The molecule has 0 aromatic carbocycles. The average Bonchev–Trinajstić information content (AvgIpc) is 1.99. The first-order valence-corrected chi connectivity index (χ1v) is 4.36. The second-order valence-corrected chi connectivity index (χ2v) is 3.46. The summed E-state index contributed by atoms with van der Waals surface area (Å²) in [6.45, 7) is 1.18. The highest BCUT2D eigenvalue weighted by atomic mass is 19.4. The summed E-state index contributed by atoms with van der Waals surface area (Å²) in [4.78, 5) is 21.6. The fraction of sp³-hybridized carbons (Fsp3) is 0.556. The van der Waals surface area contributed by atoms with Gasteiger partial charge in [0.1, 0.15) is 0 Å². The van der Waals surface area contributed by atoms with Gasteiger partial charge in [-0.1, -0.05) is 0 Å². The highest BCUT2D eigenvalue weighted by Gasteiger charge is 2.42. The first-order valence-electron chi connectivity index (χ1n) is 4.36. The van der Waals surface area contributed by atoms with Crippen LogP contribution >= 0.6 is 0 Å². The zero-order chi connectivity index (χ0) is 11.6. The summed E-state index contributed by atoms with van der Waals surface area (Å²) < 4.78 is 37.0. The van der Waals surface area contributed by atoms with Crippen molar-refractivity contribution >= 4 is 11.7 Å². The Bertz CT molecular complexity index is 320. The zero-order valence-corrected chi connectivity index (χ0v) is 8.02. The molecule has 0 saturated heterocycles. The van der Waals surface area contributed by atoms with E-state index < -0.39 is 30.2 Å². The quantitative estimate of drug-likeness (QED) is 0.730. The normalized spacial score (nSPS) is 22.3. The third-order valence-electron chi connectivity index (χ3n) is 2.05. The van der Waals surface area contributed by atoms with Gasteiger partial charge in [-0.3, -0.25) is 9.59 Å². The smallest absolute Gasteiger partial charge is 0.330 e. The van der Waals surface area contributed by atoms with Crippen molar-refractivity contribution in [3.05, 3.63) is 11.8 Å². The Kier molecular flexibility index (Phi) is 3.16. The van der Waals surface area contributed by atoms with E-state index >= 15 is 0 Å². The number of amides is 1. The van der Waals surface area contributed by atoms with E-state index in [0.717, 1.165) is 6.08 Å². The topological polar surface area (TPSA) is 46.2 Å². The number of halogens is 3. The first kappa shape index (κ1) is 11.7. The summed E-state index contributed by atoms with van der Waals surface area (Å²) in [5.74, 6) is -2.76. The Labute approximate surface area is 84.3 Å². The maximum atomic E-state index is 12.3. The predicted molar refractivity (Wildman–Crippen MR) is 45.7 cm³/mol. The Morgan fingerprint density at radius 2 is 2.07 bits per heavy atom. The predicted octanol–water partition coefficient (Wildman–Crippen LogP) is 1.55. The molecular formula is C9H10F3NO2. The molecule has 6 heteroatoms. The zero-order valence-electron chi connectivity index (χ0n) is 8.02. The number of allylic oxidation sites excluding steroid dienone is 2. The molecule has 15 heavy (non-hydrogen) atoms. The second kappa shape index (κ2) is 4.04. The molecule has 0 aromatic rings. The lowest BCUT2D eigenvalue weighted by Gasteiger charge is -2.24. The molecule has 1 rings (SSSR count). The van der Waals surface area contributed by atoms with Crippen LogP contribution in [0.2, 0.25) is 0 Å². The Balaban J connectivity index is 2.76. The number of nitrogens with one attached hydrogen (secondary N) is 1. The number of hydrogen-bond donors (Lipinski definition) is 1. The molecule has 1 aliphatic rings. The van der Waals surface area contributed by atoms with E-state index in [4.69, 9.17) is 0 Å². The lowest BCUT2D eigenvalue weighted by Crippen LogP contribution is -2.33. The maximum Gasteiger partial charge on any atom is 0.392 e. The number of hydrogen-bond acceptors (Lipinski definition) is 2. The summed E-state index contributed by atoms with van der Waals surface area (Å²) in [7, 11) is 0. The fourth-order valence-electron chi connectivity index (χ4n) is 1.44. The molecule has 1 atom stereocenters. The lowest BCUT2D eigenvalue weighted by atomic mass is 9.90. The minimum absolute atomic E-state index is 0.0427. The number of rotatable bonds is 1. The van der Waals surface area contributed by atoms with Crippen molar-refractivity contribution in [1.82, 2.24) is 5.32 Å². The molecule has 0 saturated carbocycles. The molecule has 84 valence electrons. The summed E-state index contributed by atoms with van der Waals surface area (Å²) in [6.07, 6.45) is -4.21. The SMILES string of the molecule is CC(=O)NC1=CC(=O)CC(C(F)(F)F)C1. The van der Waals surface area contributed by atoms with Crippen LogP contribution in [0.5, 0.6) is 0 Å². The second-order valence-electron chi connectivity index (χ2n) is 3.46. The van der Waals surface area contributed by atoms with E-state index in [1.54, 1.807) is 0 Å². The number of carbonyl (C=O) groups excluding carboxylic acids is 2. The fourth-order valence-corrected chi connectivity index (χ4v) is 1.44. The van der Waals surface area contributed by atoms with Gasteiger partial charge in [-0.05, 0) is 6.42 Å². The molecule has 1 amide bonds. The number of carbonyl (C=O) groups is 2. The van der Waals surface area contributed by atoms with Crippen LogP contribution in [0.4, 0.5) is 13.2 Å². The van der Waals surface area contributed by atoms with Crippen molar-refractivity contribution in [2.24, 2.45) is 5.92 Å². The summed E-state index contributed by atoms with van der Waals surface area (Å²) >= 11 is 0. The first-order chi connectivity index (χ1) is 6.79. The highest BCUT2D eigenvalue weighted by molar-refractivity contribution is 5.92. The molecule has 0 bridgehead atoms. The van der Waals surface area contributed by atoms with Gasteiger partial charge in [0.2, 0.25) is 5.91 Å². The van der Waals surface area contributed by atoms with Crippen LogP contribution in [0.1, 0.15) is 19.8 Å². The van der Waals surface area contributed by atoms with Crippen molar-refractivity contribution in [3.63, 3.8) is 0 Å². The molecule has 0 aromatic heterocycles. The van der Waals surface area contributed by atoms with Gasteiger partial charge >= 0.3 is 6.18 Å². The monoisotopic (exact) mass is 221 g/mol. The van der Waals surface area contributed by atoms with E-state index in [2.05, 4.69) is 5.32 Å². The summed E-state index contributed by atoms with van der Waals surface area (Å²) in [5.41, 5.74) is 0.0427. The van der Waals surface area contributed by atoms with Gasteiger partial charge < -0.3 is 5.32 Å². The van der Waals surface area contributed by atoms with E-state index in [0.29, 0.717) is 0 Å².